The monoisotopic (exact) mass is 373 g/mol. The normalized spacial score (nSPS) is 11.0. The van der Waals surface area contributed by atoms with E-state index >= 15 is 0 Å². The van der Waals surface area contributed by atoms with Crippen LogP contribution in [-0.4, -0.2) is 18.0 Å². The van der Waals surface area contributed by atoms with Crippen LogP contribution in [0.5, 0.6) is 11.5 Å². The van der Waals surface area contributed by atoms with Gasteiger partial charge in [-0.3, -0.25) is 0 Å². The molecule has 2 aromatic rings. The molecular weight excluding hydrogens is 361 g/mol. The van der Waals surface area contributed by atoms with Crippen molar-refractivity contribution in [1.29, 1.82) is 0 Å². The van der Waals surface area contributed by atoms with E-state index in [-0.39, 0.29) is 6.61 Å². The minimum Gasteiger partial charge on any atom is -0.490 e. The Morgan fingerprint density at radius 2 is 1.78 bits per heavy atom. The maximum atomic E-state index is 8.60. The molecule has 122 valence electrons. The Morgan fingerprint density at radius 3 is 2.48 bits per heavy atom. The van der Waals surface area contributed by atoms with E-state index in [4.69, 9.17) is 49.5 Å². The van der Waals surface area contributed by atoms with Gasteiger partial charge < -0.3 is 14.7 Å². The van der Waals surface area contributed by atoms with E-state index in [1.807, 2.05) is 6.92 Å². The Bertz CT molecular complexity index is 720. The van der Waals surface area contributed by atoms with E-state index in [9.17, 15) is 0 Å². The summed E-state index contributed by atoms with van der Waals surface area (Å²) in [5.74, 6) is 1.05. The number of hydrogen-bond acceptors (Lipinski definition) is 4. The molecule has 0 heterocycles. The summed E-state index contributed by atoms with van der Waals surface area (Å²) < 4.78 is 11.3. The number of benzene rings is 2. The van der Waals surface area contributed by atoms with Crippen molar-refractivity contribution in [2.45, 2.75) is 13.5 Å². The first-order valence-electron chi connectivity index (χ1n) is 6.76. The predicted octanol–water partition coefficient (Wildman–Crippen LogP) is 5.43. The van der Waals surface area contributed by atoms with Crippen molar-refractivity contribution < 1.29 is 14.7 Å². The minimum atomic E-state index is 0.145. The van der Waals surface area contributed by atoms with Gasteiger partial charge in [-0.25, -0.2) is 0 Å². The van der Waals surface area contributed by atoms with Crippen LogP contribution < -0.4 is 9.47 Å². The van der Waals surface area contributed by atoms with E-state index in [2.05, 4.69) is 5.16 Å². The van der Waals surface area contributed by atoms with Crippen LogP contribution in [0.4, 0.5) is 0 Å². The van der Waals surface area contributed by atoms with E-state index < -0.39 is 0 Å². The summed E-state index contributed by atoms with van der Waals surface area (Å²) in [6.45, 7) is 2.47. The third kappa shape index (κ3) is 4.44. The highest BCUT2D eigenvalue weighted by Crippen LogP contribution is 2.34. The zero-order valence-corrected chi connectivity index (χ0v) is 14.5. The van der Waals surface area contributed by atoms with Gasteiger partial charge in [-0.2, -0.15) is 0 Å². The lowest BCUT2D eigenvalue weighted by atomic mass is 10.2. The molecule has 2 rings (SSSR count). The Balaban J connectivity index is 2.25. The Kier molecular flexibility index (Phi) is 6.39. The fraction of sp³-hybridized carbons (Fsp3) is 0.188. The Labute approximate surface area is 149 Å². The van der Waals surface area contributed by atoms with Gasteiger partial charge in [0.2, 0.25) is 0 Å². The van der Waals surface area contributed by atoms with Gasteiger partial charge in [0.05, 0.1) is 22.9 Å². The highest BCUT2D eigenvalue weighted by Gasteiger charge is 2.12. The second-order valence-corrected chi connectivity index (χ2v) is 5.69. The van der Waals surface area contributed by atoms with Gasteiger partial charge >= 0.3 is 0 Å². The average Bonchev–Trinajstić information content (AvgIpc) is 2.53. The molecule has 0 aliphatic rings. The van der Waals surface area contributed by atoms with Crippen LogP contribution in [0.1, 0.15) is 18.1 Å². The molecule has 2 aromatic carbocycles. The van der Waals surface area contributed by atoms with Crippen LogP contribution >= 0.6 is 34.8 Å². The summed E-state index contributed by atoms with van der Waals surface area (Å²) >= 11 is 18.3. The lowest BCUT2D eigenvalue weighted by molar-refractivity contribution is 0.269. The number of ether oxygens (including phenoxy) is 2. The molecule has 0 aliphatic heterocycles. The van der Waals surface area contributed by atoms with Crippen molar-refractivity contribution in [1.82, 2.24) is 0 Å². The molecule has 0 aromatic heterocycles. The number of hydrogen-bond donors (Lipinski definition) is 1. The van der Waals surface area contributed by atoms with E-state index in [0.29, 0.717) is 44.3 Å². The van der Waals surface area contributed by atoms with Gasteiger partial charge in [0.15, 0.2) is 11.5 Å². The molecule has 0 unspecified atom stereocenters. The molecule has 0 saturated heterocycles. The molecule has 0 aliphatic carbocycles. The first-order valence-corrected chi connectivity index (χ1v) is 7.89. The average molecular weight is 375 g/mol. The maximum Gasteiger partial charge on any atom is 0.161 e. The summed E-state index contributed by atoms with van der Waals surface area (Å²) in [5, 5.41) is 12.8. The number of halogens is 3. The standard InChI is InChI=1S/C16H14Cl3NO3/c1-2-22-15-7-10(8-20-21)3-6-14(15)23-9-11-12(17)4-5-13(18)16(11)19/h3-8,21H,2,9H2,1H3. The molecule has 0 saturated carbocycles. The molecule has 0 radical (unpaired) electrons. The molecular formula is C16H14Cl3NO3. The van der Waals surface area contributed by atoms with Crippen LogP contribution in [0.3, 0.4) is 0 Å². The number of oxime groups is 1. The lowest BCUT2D eigenvalue weighted by Gasteiger charge is -2.14. The zero-order chi connectivity index (χ0) is 16.8. The molecule has 4 nitrogen and oxygen atoms in total. The van der Waals surface area contributed by atoms with Crippen molar-refractivity contribution in [2.75, 3.05) is 6.61 Å². The largest absolute Gasteiger partial charge is 0.490 e. The molecule has 0 bridgehead atoms. The fourth-order valence-corrected chi connectivity index (χ4v) is 2.57. The summed E-state index contributed by atoms with van der Waals surface area (Å²) in [6, 6.07) is 8.45. The summed E-state index contributed by atoms with van der Waals surface area (Å²) in [5.41, 5.74) is 1.28. The SMILES string of the molecule is CCOc1cc(C=NO)ccc1OCc1c(Cl)ccc(Cl)c1Cl. The zero-order valence-electron chi connectivity index (χ0n) is 12.2. The number of rotatable bonds is 6. The summed E-state index contributed by atoms with van der Waals surface area (Å²) in [7, 11) is 0. The van der Waals surface area contributed by atoms with Crippen LogP contribution in [0.15, 0.2) is 35.5 Å². The van der Waals surface area contributed by atoms with Crippen LogP contribution in [0.25, 0.3) is 0 Å². The number of nitrogens with zero attached hydrogens (tertiary/aromatic N) is 1. The Morgan fingerprint density at radius 1 is 1.04 bits per heavy atom. The van der Waals surface area contributed by atoms with Crippen molar-refractivity contribution in [3.05, 3.63) is 56.5 Å². The van der Waals surface area contributed by atoms with Crippen LogP contribution in [0, 0.1) is 0 Å². The van der Waals surface area contributed by atoms with E-state index in [1.165, 1.54) is 6.21 Å². The van der Waals surface area contributed by atoms with Gasteiger partial charge in [-0.15, -0.1) is 0 Å². The first-order chi connectivity index (χ1) is 11.1. The van der Waals surface area contributed by atoms with Gasteiger partial charge in [0.25, 0.3) is 0 Å². The van der Waals surface area contributed by atoms with Gasteiger partial charge in [0, 0.05) is 16.1 Å². The highest BCUT2D eigenvalue weighted by atomic mass is 35.5. The molecule has 0 spiro atoms. The van der Waals surface area contributed by atoms with Crippen molar-refractivity contribution in [2.24, 2.45) is 5.16 Å². The Hall–Kier alpha value is -1.62. The second kappa shape index (κ2) is 8.29. The maximum absolute atomic E-state index is 8.60. The highest BCUT2D eigenvalue weighted by molar-refractivity contribution is 6.44. The molecule has 0 fully saturated rings. The molecule has 23 heavy (non-hydrogen) atoms. The van der Waals surface area contributed by atoms with Crippen LogP contribution in [-0.2, 0) is 6.61 Å². The summed E-state index contributed by atoms with van der Waals surface area (Å²) in [6.07, 6.45) is 1.30. The van der Waals surface area contributed by atoms with Crippen molar-refractivity contribution in [3.8, 4) is 11.5 Å². The molecule has 1 N–H and O–H groups in total. The minimum absolute atomic E-state index is 0.145. The summed E-state index contributed by atoms with van der Waals surface area (Å²) in [4.78, 5) is 0. The van der Waals surface area contributed by atoms with Gasteiger partial charge in [-0.05, 0) is 37.3 Å². The van der Waals surface area contributed by atoms with Crippen molar-refractivity contribution in [3.63, 3.8) is 0 Å². The quantitative estimate of drug-likeness (QED) is 0.317. The van der Waals surface area contributed by atoms with Crippen molar-refractivity contribution >= 4 is 41.0 Å². The molecule has 0 atom stereocenters. The third-order valence-electron chi connectivity index (χ3n) is 2.99. The van der Waals surface area contributed by atoms with Gasteiger partial charge in [-0.1, -0.05) is 40.0 Å². The van der Waals surface area contributed by atoms with Crippen LogP contribution in [0.2, 0.25) is 15.1 Å². The first kappa shape index (κ1) is 17.7. The van der Waals surface area contributed by atoms with E-state index in [1.54, 1.807) is 30.3 Å². The van der Waals surface area contributed by atoms with Gasteiger partial charge in [0.1, 0.15) is 6.61 Å². The van der Waals surface area contributed by atoms with E-state index in [0.717, 1.165) is 0 Å². The molecule has 0 amide bonds. The fourth-order valence-electron chi connectivity index (χ4n) is 1.91. The predicted molar refractivity (Wildman–Crippen MR) is 92.8 cm³/mol. The smallest absolute Gasteiger partial charge is 0.161 e. The molecule has 7 heteroatoms. The third-order valence-corrected chi connectivity index (χ3v) is 4.18. The topological polar surface area (TPSA) is 51.0 Å². The lowest BCUT2D eigenvalue weighted by Crippen LogP contribution is -2.01. The second-order valence-electron chi connectivity index (χ2n) is 4.49.